The Morgan fingerprint density at radius 1 is 0.818 bits per heavy atom. The van der Waals surface area contributed by atoms with Gasteiger partial charge >= 0.3 is 0 Å². The van der Waals surface area contributed by atoms with Crippen molar-refractivity contribution >= 4 is 0 Å². The summed E-state index contributed by atoms with van der Waals surface area (Å²) in [5.41, 5.74) is 0. The molecule has 2 heterocycles. The van der Waals surface area contributed by atoms with Crippen molar-refractivity contribution in [2.45, 2.75) is 61.7 Å². The lowest BCUT2D eigenvalue weighted by molar-refractivity contribution is -0.336. The van der Waals surface area contributed by atoms with Crippen LogP contribution in [-0.4, -0.2) is 104 Å². The van der Waals surface area contributed by atoms with E-state index in [1.807, 2.05) is 0 Å². The monoisotopic (exact) mass is 326 g/mol. The summed E-state index contributed by atoms with van der Waals surface area (Å²) >= 11 is 0. The smallest absolute Gasteiger partial charge is 0.184 e. The van der Waals surface area contributed by atoms with Crippen LogP contribution in [0, 0.1) is 0 Å². The van der Waals surface area contributed by atoms with Crippen LogP contribution in [0.1, 0.15) is 6.42 Å². The lowest BCUT2D eigenvalue weighted by Gasteiger charge is -2.43. The molecule has 0 bridgehead atoms. The van der Waals surface area contributed by atoms with Crippen LogP contribution in [0.25, 0.3) is 0 Å². The van der Waals surface area contributed by atoms with Crippen LogP contribution in [0.2, 0.25) is 0 Å². The summed E-state index contributed by atoms with van der Waals surface area (Å²) in [7, 11) is 0. The molecule has 0 aromatic rings. The number of aliphatic hydroxyl groups is 7. The van der Waals surface area contributed by atoms with Gasteiger partial charge in [-0.15, -0.1) is 0 Å². The first-order chi connectivity index (χ1) is 10.4. The number of hydrogen-bond acceptors (Lipinski definition) is 10. The summed E-state index contributed by atoms with van der Waals surface area (Å²) in [6, 6.07) is 0. The van der Waals surface area contributed by atoms with Crippen LogP contribution in [0.5, 0.6) is 0 Å². The average molecular weight is 326 g/mol. The predicted octanol–water partition coefficient (Wildman–Crippen LogP) is -4.37. The lowest BCUT2D eigenvalue weighted by Crippen LogP contribution is -2.61. The molecule has 0 aromatic carbocycles. The van der Waals surface area contributed by atoms with Crippen LogP contribution in [0.3, 0.4) is 0 Å². The molecular weight excluding hydrogens is 304 g/mol. The molecule has 7 N–H and O–H groups in total. The second kappa shape index (κ2) is 7.45. The third-order valence-electron chi connectivity index (χ3n) is 3.86. The topological polar surface area (TPSA) is 169 Å². The highest BCUT2D eigenvalue weighted by Gasteiger charge is 2.47. The van der Waals surface area contributed by atoms with E-state index in [0.29, 0.717) is 0 Å². The van der Waals surface area contributed by atoms with Crippen molar-refractivity contribution < 1.29 is 50.0 Å². The average Bonchev–Trinajstić information content (AvgIpc) is 2.50. The van der Waals surface area contributed by atoms with E-state index in [-0.39, 0.29) is 6.42 Å². The second-order valence-corrected chi connectivity index (χ2v) is 5.41. The second-order valence-electron chi connectivity index (χ2n) is 5.41. The molecule has 9 atom stereocenters. The molecule has 22 heavy (non-hydrogen) atoms. The van der Waals surface area contributed by atoms with E-state index in [0.717, 1.165) is 0 Å². The van der Waals surface area contributed by atoms with Gasteiger partial charge in [-0.05, 0) is 0 Å². The van der Waals surface area contributed by atoms with Crippen LogP contribution in [-0.2, 0) is 14.2 Å². The van der Waals surface area contributed by atoms with Gasteiger partial charge in [0.05, 0.1) is 19.3 Å². The van der Waals surface area contributed by atoms with E-state index >= 15 is 0 Å². The van der Waals surface area contributed by atoms with Crippen LogP contribution in [0.4, 0.5) is 0 Å². The van der Waals surface area contributed by atoms with Gasteiger partial charge in [-0.3, -0.25) is 0 Å². The van der Waals surface area contributed by atoms with E-state index in [4.69, 9.17) is 19.3 Å². The minimum absolute atomic E-state index is 0.141. The van der Waals surface area contributed by atoms with E-state index < -0.39 is 68.5 Å². The maximum Gasteiger partial charge on any atom is 0.184 e. The number of hydrogen-bond donors (Lipinski definition) is 7. The molecule has 2 saturated heterocycles. The highest BCUT2D eigenvalue weighted by Crippen LogP contribution is 2.28. The van der Waals surface area contributed by atoms with E-state index in [1.54, 1.807) is 0 Å². The van der Waals surface area contributed by atoms with Gasteiger partial charge in [0, 0.05) is 6.42 Å². The fourth-order valence-electron chi connectivity index (χ4n) is 2.56. The molecule has 10 heteroatoms. The molecule has 2 fully saturated rings. The van der Waals surface area contributed by atoms with Gasteiger partial charge in [0.1, 0.15) is 36.6 Å². The van der Waals surface area contributed by atoms with E-state index in [2.05, 4.69) is 0 Å². The van der Waals surface area contributed by atoms with Gasteiger partial charge in [0.15, 0.2) is 12.6 Å². The molecular formula is C12H22O10. The van der Waals surface area contributed by atoms with Crippen molar-refractivity contribution in [3.63, 3.8) is 0 Å². The summed E-state index contributed by atoms with van der Waals surface area (Å²) in [5.74, 6) is 0. The zero-order valence-corrected chi connectivity index (χ0v) is 11.7. The zero-order valence-electron chi connectivity index (χ0n) is 11.7. The quantitative estimate of drug-likeness (QED) is 0.268. The number of ether oxygens (including phenoxy) is 3. The summed E-state index contributed by atoms with van der Waals surface area (Å²) in [4.78, 5) is 0. The van der Waals surface area contributed by atoms with Gasteiger partial charge < -0.3 is 50.0 Å². The van der Waals surface area contributed by atoms with Crippen LogP contribution >= 0.6 is 0 Å². The van der Waals surface area contributed by atoms with E-state index in [1.165, 1.54) is 0 Å². The van der Waals surface area contributed by atoms with Crippen LogP contribution < -0.4 is 0 Å². The molecule has 130 valence electrons. The fraction of sp³-hybridized carbons (Fsp3) is 1.00. The summed E-state index contributed by atoms with van der Waals surface area (Å²) < 4.78 is 15.6. The Labute approximate surface area is 126 Å². The summed E-state index contributed by atoms with van der Waals surface area (Å²) in [6.45, 7) is -1.14. The molecule has 0 amide bonds. The SMILES string of the molecule is OCC1OC(OC2C(CO)OC(O)C(O)C2O)CC(O)C1O. The largest absolute Gasteiger partial charge is 0.394 e. The standard InChI is InChI=1S/C12H22O10/c13-2-5-8(16)4(15)1-7(20-5)22-11-6(3-14)21-12(19)10(18)9(11)17/h4-19H,1-3H2. The summed E-state index contributed by atoms with van der Waals surface area (Å²) in [5, 5.41) is 66.6. The Bertz CT molecular complexity index is 353. The Balaban J connectivity index is 2.04. The first-order valence-corrected chi connectivity index (χ1v) is 6.97. The zero-order chi connectivity index (χ0) is 16.4. The predicted molar refractivity (Wildman–Crippen MR) is 67.2 cm³/mol. The molecule has 0 radical (unpaired) electrons. The highest BCUT2D eigenvalue weighted by atomic mass is 16.7. The molecule has 0 aromatic heterocycles. The Kier molecular flexibility index (Phi) is 6.07. The van der Waals surface area contributed by atoms with Crippen molar-refractivity contribution in [3.8, 4) is 0 Å². The first kappa shape index (κ1) is 17.9. The highest BCUT2D eigenvalue weighted by molar-refractivity contribution is 4.91. The molecule has 9 unspecified atom stereocenters. The molecule has 2 aliphatic rings. The van der Waals surface area contributed by atoms with Crippen molar-refractivity contribution in [2.24, 2.45) is 0 Å². The maximum atomic E-state index is 9.94. The molecule has 2 rings (SSSR count). The van der Waals surface area contributed by atoms with Crippen molar-refractivity contribution in [1.29, 1.82) is 0 Å². The molecule has 0 saturated carbocycles. The third-order valence-corrected chi connectivity index (χ3v) is 3.86. The molecule has 0 spiro atoms. The Morgan fingerprint density at radius 3 is 2.05 bits per heavy atom. The van der Waals surface area contributed by atoms with E-state index in [9.17, 15) is 30.6 Å². The van der Waals surface area contributed by atoms with Crippen molar-refractivity contribution in [1.82, 2.24) is 0 Å². The van der Waals surface area contributed by atoms with Crippen molar-refractivity contribution in [2.75, 3.05) is 13.2 Å². The number of rotatable bonds is 4. The normalized spacial score (nSPS) is 50.0. The van der Waals surface area contributed by atoms with Gasteiger partial charge in [-0.2, -0.15) is 0 Å². The van der Waals surface area contributed by atoms with Gasteiger partial charge in [0.25, 0.3) is 0 Å². The van der Waals surface area contributed by atoms with Crippen LogP contribution in [0.15, 0.2) is 0 Å². The Hall–Kier alpha value is -0.400. The summed E-state index contributed by atoms with van der Waals surface area (Å²) in [6.07, 6.45) is -12.0. The fourth-order valence-corrected chi connectivity index (χ4v) is 2.56. The lowest BCUT2D eigenvalue weighted by atomic mass is 9.98. The van der Waals surface area contributed by atoms with Gasteiger partial charge in [-0.25, -0.2) is 0 Å². The van der Waals surface area contributed by atoms with Crippen molar-refractivity contribution in [3.05, 3.63) is 0 Å². The molecule has 2 aliphatic heterocycles. The minimum Gasteiger partial charge on any atom is -0.394 e. The van der Waals surface area contributed by atoms with Gasteiger partial charge in [-0.1, -0.05) is 0 Å². The third kappa shape index (κ3) is 3.57. The first-order valence-electron chi connectivity index (χ1n) is 6.97. The molecule has 10 nitrogen and oxygen atoms in total. The van der Waals surface area contributed by atoms with Gasteiger partial charge in [0.2, 0.25) is 0 Å². The number of aliphatic hydroxyl groups excluding tert-OH is 7. The maximum absolute atomic E-state index is 9.94. The Morgan fingerprint density at radius 2 is 1.45 bits per heavy atom. The minimum atomic E-state index is -1.67. The molecule has 0 aliphatic carbocycles.